The normalized spacial score (nSPS) is 21.7. The molecule has 1 aliphatic carbocycles. The molecule has 0 saturated heterocycles. The van der Waals surface area contributed by atoms with Gasteiger partial charge in [-0.15, -0.1) is 0 Å². The van der Waals surface area contributed by atoms with E-state index in [2.05, 4.69) is 0 Å². The average Bonchev–Trinajstić information content (AvgIpc) is 2.61. The molecule has 2 nitrogen and oxygen atoms in total. The van der Waals surface area contributed by atoms with Gasteiger partial charge in [0.2, 0.25) is 0 Å². The third-order valence-electron chi connectivity index (χ3n) is 1.49. The first-order chi connectivity index (χ1) is 5.79. The van der Waals surface area contributed by atoms with Gasteiger partial charge in [-0.3, -0.25) is 9.59 Å². The molecule has 0 aromatic rings. The first-order valence-corrected chi connectivity index (χ1v) is 5.04. The van der Waals surface area contributed by atoms with Crippen molar-refractivity contribution in [2.45, 2.75) is 0 Å². The molecule has 0 N–H and O–H groups in total. The summed E-state index contributed by atoms with van der Waals surface area (Å²) in [4.78, 5) is 22.3. The van der Waals surface area contributed by atoms with E-state index in [0.717, 1.165) is 4.24 Å². The number of hydrogen-bond acceptors (Lipinski definition) is 4. The molecule has 1 heterocycles. The predicted molar refractivity (Wildman–Crippen MR) is 50.5 cm³/mol. The van der Waals surface area contributed by atoms with Crippen molar-refractivity contribution in [3.8, 4) is 0 Å². The fraction of sp³-hybridized carbons (Fsp3) is 0. The zero-order valence-electron chi connectivity index (χ0n) is 5.94. The molecular weight excluding hydrogens is 192 g/mol. The molecule has 0 saturated carbocycles. The van der Waals surface area contributed by atoms with Gasteiger partial charge in [0.05, 0.1) is 9.81 Å². The maximum absolute atomic E-state index is 11.2. The molecule has 1 aliphatic heterocycles. The topological polar surface area (TPSA) is 34.1 Å². The van der Waals surface area contributed by atoms with E-state index in [1.165, 1.54) is 35.7 Å². The average molecular weight is 196 g/mol. The fourth-order valence-electron chi connectivity index (χ4n) is 0.965. The van der Waals surface area contributed by atoms with E-state index in [1.807, 2.05) is 10.8 Å². The molecule has 0 fully saturated rings. The second-order valence-corrected chi connectivity index (χ2v) is 4.32. The van der Waals surface area contributed by atoms with Crippen molar-refractivity contribution < 1.29 is 9.59 Å². The lowest BCUT2D eigenvalue weighted by Crippen LogP contribution is -2.01. The van der Waals surface area contributed by atoms with Crippen molar-refractivity contribution in [2.24, 2.45) is 0 Å². The summed E-state index contributed by atoms with van der Waals surface area (Å²) in [6.07, 6.45) is 2.65. The lowest BCUT2D eigenvalue weighted by atomic mass is 10.2. The molecule has 0 aromatic carbocycles. The number of carbonyl (C=O) groups excluding carboxylic acids is 2. The Morgan fingerprint density at radius 2 is 1.42 bits per heavy atom. The van der Waals surface area contributed by atoms with Crippen LogP contribution in [0.15, 0.2) is 32.8 Å². The lowest BCUT2D eigenvalue weighted by molar-refractivity contribution is -0.115. The van der Waals surface area contributed by atoms with Crippen LogP contribution in [-0.4, -0.2) is 11.6 Å². The first-order valence-electron chi connectivity index (χ1n) is 3.28. The number of hydrogen-bond donors (Lipinski definition) is 0. The van der Waals surface area contributed by atoms with Gasteiger partial charge < -0.3 is 0 Å². The summed E-state index contributed by atoms with van der Waals surface area (Å²) in [5.74, 6) is -0.336. The minimum atomic E-state index is -0.168. The molecule has 0 unspecified atom stereocenters. The van der Waals surface area contributed by atoms with Crippen LogP contribution in [-0.2, 0) is 9.59 Å². The summed E-state index contributed by atoms with van der Waals surface area (Å²) in [5.41, 5.74) is 0.329. The molecule has 2 rings (SSSR count). The summed E-state index contributed by atoms with van der Waals surface area (Å²) in [6, 6.07) is 0. The van der Waals surface area contributed by atoms with Crippen LogP contribution in [0.5, 0.6) is 0 Å². The quantitative estimate of drug-likeness (QED) is 0.437. The van der Waals surface area contributed by atoms with Crippen molar-refractivity contribution in [1.29, 1.82) is 0 Å². The summed E-state index contributed by atoms with van der Waals surface area (Å²) in [5, 5.41) is 3.73. The maximum atomic E-state index is 11.2. The number of allylic oxidation sites excluding steroid dienone is 3. The van der Waals surface area contributed by atoms with E-state index in [1.54, 1.807) is 0 Å². The zero-order valence-corrected chi connectivity index (χ0v) is 7.58. The van der Waals surface area contributed by atoms with Crippen molar-refractivity contribution in [2.75, 3.05) is 0 Å². The molecule has 0 bridgehead atoms. The third kappa shape index (κ3) is 1.17. The summed E-state index contributed by atoms with van der Waals surface area (Å²) in [7, 11) is 0. The Balaban J connectivity index is 2.40. The van der Waals surface area contributed by atoms with Crippen molar-refractivity contribution in [1.82, 2.24) is 0 Å². The van der Waals surface area contributed by atoms with E-state index < -0.39 is 0 Å². The van der Waals surface area contributed by atoms with Crippen molar-refractivity contribution >= 4 is 35.1 Å². The summed E-state index contributed by atoms with van der Waals surface area (Å²) >= 11 is 2.85. The van der Waals surface area contributed by atoms with Crippen LogP contribution in [0.4, 0.5) is 0 Å². The minimum Gasteiger partial charge on any atom is -0.289 e. The highest BCUT2D eigenvalue weighted by Gasteiger charge is 2.25. The van der Waals surface area contributed by atoms with E-state index >= 15 is 0 Å². The second kappa shape index (κ2) is 2.95. The van der Waals surface area contributed by atoms with Crippen LogP contribution in [0, 0.1) is 0 Å². The smallest absolute Gasteiger partial charge is 0.191 e. The van der Waals surface area contributed by atoms with E-state index in [4.69, 9.17) is 0 Å². The molecule has 0 atom stereocenters. The Bertz CT molecular complexity index is 320. The molecular formula is C8H4O2S2. The third-order valence-corrected chi connectivity index (χ3v) is 3.62. The maximum Gasteiger partial charge on any atom is 0.191 e. The van der Waals surface area contributed by atoms with E-state index in [-0.39, 0.29) is 11.6 Å². The van der Waals surface area contributed by atoms with Crippen LogP contribution in [0.25, 0.3) is 0 Å². The number of thioether (sulfide) groups is 2. The predicted octanol–water partition coefficient (Wildman–Crippen LogP) is 1.86. The van der Waals surface area contributed by atoms with Crippen LogP contribution in [0.3, 0.4) is 0 Å². The molecule has 0 aromatic heterocycles. The van der Waals surface area contributed by atoms with Gasteiger partial charge in [-0.1, -0.05) is 23.5 Å². The van der Waals surface area contributed by atoms with Crippen LogP contribution in [0.2, 0.25) is 0 Å². The highest BCUT2D eigenvalue weighted by atomic mass is 32.2. The Morgan fingerprint density at radius 1 is 0.917 bits per heavy atom. The molecule has 2 aliphatic rings. The summed E-state index contributed by atoms with van der Waals surface area (Å²) < 4.78 is 0.801. The van der Waals surface area contributed by atoms with Crippen LogP contribution >= 0.6 is 23.5 Å². The lowest BCUT2D eigenvalue weighted by Gasteiger charge is -1.97. The van der Waals surface area contributed by atoms with Gasteiger partial charge in [0, 0.05) is 0 Å². The molecule has 12 heavy (non-hydrogen) atoms. The van der Waals surface area contributed by atoms with Gasteiger partial charge in [-0.05, 0) is 23.0 Å². The van der Waals surface area contributed by atoms with Crippen molar-refractivity contribution in [3.05, 3.63) is 32.8 Å². The Morgan fingerprint density at radius 3 is 1.92 bits per heavy atom. The second-order valence-electron chi connectivity index (χ2n) is 2.23. The summed E-state index contributed by atoms with van der Waals surface area (Å²) in [6.45, 7) is 0. The van der Waals surface area contributed by atoms with Gasteiger partial charge in [-0.2, -0.15) is 0 Å². The van der Waals surface area contributed by atoms with E-state index in [0.29, 0.717) is 5.57 Å². The van der Waals surface area contributed by atoms with E-state index in [9.17, 15) is 9.59 Å². The molecule has 4 heteroatoms. The monoisotopic (exact) mass is 196 g/mol. The molecule has 0 spiro atoms. The minimum absolute atomic E-state index is 0.168. The fourth-order valence-corrected chi connectivity index (χ4v) is 2.85. The molecule has 0 radical (unpaired) electrons. The Labute approximate surface area is 77.8 Å². The highest BCUT2D eigenvalue weighted by molar-refractivity contribution is 8.27. The molecule has 0 amide bonds. The standard InChI is InChI=1S/C8H4O2S2/c9-5-1-2-6(10)7(5)8-11-3-4-12-8/h1-4H. The van der Waals surface area contributed by atoms with Gasteiger partial charge >= 0.3 is 0 Å². The van der Waals surface area contributed by atoms with Gasteiger partial charge in [0.1, 0.15) is 0 Å². The first kappa shape index (κ1) is 7.89. The zero-order chi connectivity index (χ0) is 8.55. The van der Waals surface area contributed by atoms with Crippen LogP contribution < -0.4 is 0 Å². The van der Waals surface area contributed by atoms with Gasteiger partial charge in [0.25, 0.3) is 0 Å². The SMILES string of the molecule is O=C1C=CC(=O)C1=C1SC=CS1. The Hall–Kier alpha value is -0.740. The van der Waals surface area contributed by atoms with Crippen molar-refractivity contribution in [3.63, 3.8) is 0 Å². The Kier molecular flexibility index (Phi) is 1.94. The van der Waals surface area contributed by atoms with Gasteiger partial charge in [-0.25, -0.2) is 0 Å². The number of carbonyl (C=O) groups is 2. The number of rotatable bonds is 0. The van der Waals surface area contributed by atoms with Crippen LogP contribution in [0.1, 0.15) is 0 Å². The largest absolute Gasteiger partial charge is 0.289 e. The van der Waals surface area contributed by atoms with Gasteiger partial charge in [0.15, 0.2) is 11.6 Å². The highest BCUT2D eigenvalue weighted by Crippen LogP contribution is 2.41. The number of ketones is 2. The molecule has 60 valence electrons.